The van der Waals surface area contributed by atoms with Crippen molar-refractivity contribution in [1.82, 2.24) is 10.4 Å². The summed E-state index contributed by atoms with van der Waals surface area (Å²) in [5, 5.41) is 4.48. The fourth-order valence-corrected chi connectivity index (χ4v) is 1.97. The number of thiocarbonyl (C=S) groups is 1. The van der Waals surface area contributed by atoms with Gasteiger partial charge in [0.15, 0.2) is 6.17 Å². The van der Waals surface area contributed by atoms with Crippen LogP contribution in [-0.2, 0) is 9.63 Å². The number of hydrogen-bond donors (Lipinski definition) is 1. The molecule has 1 N–H and O–H groups in total. The minimum absolute atomic E-state index is 0.151. The van der Waals surface area contributed by atoms with Crippen LogP contribution < -0.4 is 5.32 Å². The second kappa shape index (κ2) is 5.04. The number of hydroxylamine groups is 2. The Bertz CT molecular complexity index is 472. The van der Waals surface area contributed by atoms with Gasteiger partial charge >= 0.3 is 0 Å². The first-order valence-corrected chi connectivity index (χ1v) is 6.23. The molecule has 0 spiro atoms. The molecule has 2 atom stereocenters. The van der Waals surface area contributed by atoms with Crippen molar-refractivity contribution in [3.05, 3.63) is 35.4 Å². The second-order valence-corrected chi connectivity index (χ2v) is 4.85. The fourth-order valence-electron chi connectivity index (χ4n) is 1.81. The van der Waals surface area contributed by atoms with E-state index in [0.717, 1.165) is 5.56 Å². The van der Waals surface area contributed by atoms with Gasteiger partial charge in [0, 0.05) is 6.92 Å². The van der Waals surface area contributed by atoms with Gasteiger partial charge in [0.25, 0.3) is 0 Å². The average Bonchev–Trinajstić information content (AvgIpc) is 2.33. The molecule has 1 aromatic carbocycles. The van der Waals surface area contributed by atoms with Crippen LogP contribution in [0.1, 0.15) is 31.1 Å². The first-order valence-electron chi connectivity index (χ1n) is 5.82. The number of amides is 1. The molecule has 2 rings (SSSR count). The highest BCUT2D eigenvalue weighted by Crippen LogP contribution is 2.24. The summed E-state index contributed by atoms with van der Waals surface area (Å²) >= 11 is 5.20. The van der Waals surface area contributed by atoms with Gasteiger partial charge in [-0.1, -0.05) is 42.0 Å². The molecule has 1 heterocycles. The lowest BCUT2D eigenvalue weighted by Gasteiger charge is -2.38. The molecule has 4 nitrogen and oxygen atoms in total. The van der Waals surface area contributed by atoms with E-state index in [0.29, 0.717) is 4.99 Å². The van der Waals surface area contributed by atoms with Gasteiger partial charge in [0.05, 0.1) is 0 Å². The van der Waals surface area contributed by atoms with Crippen LogP contribution in [0.4, 0.5) is 0 Å². The van der Waals surface area contributed by atoms with E-state index in [2.05, 4.69) is 5.32 Å². The molecule has 0 aliphatic carbocycles. The molecule has 96 valence electrons. The van der Waals surface area contributed by atoms with Crippen LogP contribution in [-0.4, -0.2) is 22.1 Å². The molecule has 0 aromatic heterocycles. The smallest absolute Gasteiger partial charge is 0.245 e. The fraction of sp³-hybridized carbons (Fsp3) is 0.385. The van der Waals surface area contributed by atoms with Crippen LogP contribution in [0.2, 0.25) is 0 Å². The summed E-state index contributed by atoms with van der Waals surface area (Å²) in [5.74, 6) is -0.151. The predicted octanol–water partition coefficient (Wildman–Crippen LogP) is 2.09. The number of nitrogens with zero attached hydrogens (tertiary/aromatic N) is 1. The maximum atomic E-state index is 11.6. The Hall–Kier alpha value is -1.46. The van der Waals surface area contributed by atoms with Crippen molar-refractivity contribution in [3.8, 4) is 0 Å². The van der Waals surface area contributed by atoms with Gasteiger partial charge in [0.2, 0.25) is 5.91 Å². The van der Waals surface area contributed by atoms with Crippen molar-refractivity contribution in [2.75, 3.05) is 0 Å². The zero-order chi connectivity index (χ0) is 13.3. The number of aryl methyl sites for hydroxylation is 1. The Morgan fingerprint density at radius 1 is 1.39 bits per heavy atom. The molecule has 18 heavy (non-hydrogen) atoms. The normalized spacial score (nSPS) is 23.7. The summed E-state index contributed by atoms with van der Waals surface area (Å²) in [5.41, 5.74) is 2.12. The predicted molar refractivity (Wildman–Crippen MR) is 72.7 cm³/mol. The van der Waals surface area contributed by atoms with E-state index in [1.54, 1.807) is 0 Å². The van der Waals surface area contributed by atoms with Gasteiger partial charge in [-0.3, -0.25) is 9.63 Å². The van der Waals surface area contributed by atoms with Crippen molar-refractivity contribution < 1.29 is 9.63 Å². The second-order valence-electron chi connectivity index (χ2n) is 4.41. The van der Waals surface area contributed by atoms with E-state index < -0.39 is 0 Å². The maximum absolute atomic E-state index is 11.6. The molecule has 2 unspecified atom stereocenters. The Morgan fingerprint density at radius 3 is 2.56 bits per heavy atom. The molecular formula is C13H16N2O2S. The van der Waals surface area contributed by atoms with Crippen LogP contribution in [0.5, 0.6) is 0 Å². The number of rotatable bonds is 1. The summed E-state index contributed by atoms with van der Waals surface area (Å²) in [6, 6.07) is 7.92. The van der Waals surface area contributed by atoms with E-state index in [1.165, 1.54) is 17.6 Å². The van der Waals surface area contributed by atoms with Crippen LogP contribution in [0.15, 0.2) is 24.3 Å². The zero-order valence-electron chi connectivity index (χ0n) is 10.6. The summed E-state index contributed by atoms with van der Waals surface area (Å²) in [7, 11) is 0. The third-order valence-corrected chi connectivity index (χ3v) is 3.31. The minimum atomic E-state index is -0.355. The van der Waals surface area contributed by atoms with Gasteiger partial charge in [-0.05, 0) is 19.4 Å². The van der Waals surface area contributed by atoms with Crippen LogP contribution in [0, 0.1) is 6.92 Å². The molecule has 1 aliphatic heterocycles. The van der Waals surface area contributed by atoms with Gasteiger partial charge < -0.3 is 5.32 Å². The number of nitrogens with one attached hydrogen (secondary N) is 1. The quantitative estimate of drug-likeness (QED) is 0.789. The van der Waals surface area contributed by atoms with E-state index >= 15 is 0 Å². The summed E-state index contributed by atoms with van der Waals surface area (Å²) < 4.78 is 0. The van der Waals surface area contributed by atoms with Gasteiger partial charge in [0.1, 0.15) is 11.1 Å². The largest absolute Gasteiger partial charge is 0.352 e. The Morgan fingerprint density at radius 2 is 2.00 bits per heavy atom. The number of carbonyl (C=O) groups is 1. The SMILES string of the molecule is CC(=O)N1OC(C)C(=S)NC1c1ccc(C)cc1. The summed E-state index contributed by atoms with van der Waals surface area (Å²) in [6.07, 6.45) is -0.641. The van der Waals surface area contributed by atoms with Crippen molar-refractivity contribution in [3.63, 3.8) is 0 Å². The molecule has 5 heteroatoms. The highest BCUT2D eigenvalue weighted by molar-refractivity contribution is 7.80. The number of hydrogen-bond acceptors (Lipinski definition) is 3. The molecule has 1 amide bonds. The van der Waals surface area contributed by atoms with Gasteiger partial charge in [-0.15, -0.1) is 0 Å². The van der Waals surface area contributed by atoms with E-state index in [1.807, 2.05) is 38.1 Å². The number of carbonyl (C=O) groups excluding carboxylic acids is 1. The Kier molecular flexibility index (Phi) is 3.63. The van der Waals surface area contributed by atoms with Crippen molar-refractivity contribution in [1.29, 1.82) is 0 Å². The Labute approximate surface area is 112 Å². The maximum Gasteiger partial charge on any atom is 0.245 e. The summed E-state index contributed by atoms with van der Waals surface area (Å²) in [6.45, 7) is 5.31. The molecule has 1 aromatic rings. The highest BCUT2D eigenvalue weighted by Gasteiger charge is 2.32. The molecule has 0 saturated carbocycles. The lowest BCUT2D eigenvalue weighted by molar-refractivity contribution is -0.217. The average molecular weight is 264 g/mol. The van der Waals surface area contributed by atoms with Crippen LogP contribution >= 0.6 is 12.2 Å². The van der Waals surface area contributed by atoms with Crippen molar-refractivity contribution in [2.24, 2.45) is 0 Å². The third kappa shape index (κ3) is 2.52. The third-order valence-electron chi connectivity index (χ3n) is 2.86. The highest BCUT2D eigenvalue weighted by atomic mass is 32.1. The van der Waals surface area contributed by atoms with Gasteiger partial charge in [-0.25, -0.2) is 0 Å². The molecule has 1 aliphatic rings. The van der Waals surface area contributed by atoms with E-state index in [4.69, 9.17) is 17.1 Å². The zero-order valence-corrected chi connectivity index (χ0v) is 11.5. The van der Waals surface area contributed by atoms with E-state index in [-0.39, 0.29) is 18.2 Å². The monoisotopic (exact) mass is 264 g/mol. The van der Waals surface area contributed by atoms with Crippen molar-refractivity contribution in [2.45, 2.75) is 33.0 Å². The molecular weight excluding hydrogens is 248 g/mol. The molecule has 1 saturated heterocycles. The first kappa shape index (κ1) is 13.0. The lowest BCUT2D eigenvalue weighted by Crippen LogP contribution is -2.53. The van der Waals surface area contributed by atoms with E-state index in [9.17, 15) is 4.79 Å². The molecule has 0 bridgehead atoms. The van der Waals surface area contributed by atoms with Crippen LogP contribution in [0.25, 0.3) is 0 Å². The first-order chi connectivity index (χ1) is 8.49. The van der Waals surface area contributed by atoms with Gasteiger partial charge in [-0.2, -0.15) is 5.06 Å². The van der Waals surface area contributed by atoms with Crippen molar-refractivity contribution >= 4 is 23.1 Å². The Balaban J connectivity index is 2.30. The molecule has 1 fully saturated rings. The molecule has 0 radical (unpaired) electrons. The number of benzene rings is 1. The van der Waals surface area contributed by atoms with Crippen LogP contribution in [0.3, 0.4) is 0 Å². The lowest BCUT2D eigenvalue weighted by atomic mass is 10.1. The standard InChI is InChI=1S/C13H16N2O2S/c1-8-4-6-11(7-5-8)12-14-13(18)9(2)17-15(12)10(3)16/h4-7,9,12H,1-3H3,(H,14,18). The topological polar surface area (TPSA) is 41.6 Å². The minimum Gasteiger partial charge on any atom is -0.352 e. The summed E-state index contributed by atoms with van der Waals surface area (Å²) in [4.78, 5) is 17.8.